The van der Waals surface area contributed by atoms with Gasteiger partial charge in [0.15, 0.2) is 0 Å². The third-order valence-electron chi connectivity index (χ3n) is 5.36. The van der Waals surface area contributed by atoms with Crippen LogP contribution < -0.4 is 0 Å². The quantitative estimate of drug-likeness (QED) is 0.760. The predicted molar refractivity (Wildman–Crippen MR) is 82.6 cm³/mol. The van der Waals surface area contributed by atoms with E-state index in [4.69, 9.17) is 0 Å². The van der Waals surface area contributed by atoms with Crippen LogP contribution in [0.3, 0.4) is 0 Å². The van der Waals surface area contributed by atoms with E-state index in [9.17, 15) is 0 Å². The van der Waals surface area contributed by atoms with Gasteiger partial charge in [-0.05, 0) is 37.8 Å². The van der Waals surface area contributed by atoms with E-state index in [-0.39, 0.29) is 0 Å². The lowest BCUT2D eigenvalue weighted by Gasteiger charge is -2.46. The first-order valence-electron chi connectivity index (χ1n) is 8.11. The summed E-state index contributed by atoms with van der Waals surface area (Å²) in [6.45, 7) is 3.81. The normalized spacial score (nSPS) is 31.8. The van der Waals surface area contributed by atoms with Crippen molar-refractivity contribution in [2.45, 2.75) is 43.8 Å². The first-order chi connectivity index (χ1) is 9.92. The lowest BCUT2D eigenvalue weighted by molar-refractivity contribution is 0.0223. The number of benzene rings is 1. The van der Waals surface area contributed by atoms with Gasteiger partial charge in [0.05, 0.1) is 0 Å². The van der Waals surface area contributed by atoms with Gasteiger partial charge in [-0.25, -0.2) is 0 Å². The fourth-order valence-corrected chi connectivity index (χ4v) is 4.29. The lowest BCUT2D eigenvalue weighted by Crippen LogP contribution is -2.54. The molecule has 3 aliphatic rings. The maximum atomic E-state index is 2.81. The Balaban J connectivity index is 1.61. The van der Waals surface area contributed by atoms with Crippen molar-refractivity contribution in [1.29, 1.82) is 0 Å². The molecule has 2 saturated heterocycles. The first-order valence-corrected chi connectivity index (χ1v) is 8.11. The number of piperazine rings is 1. The molecule has 4 rings (SSSR count). The second-order valence-corrected chi connectivity index (χ2v) is 6.51. The molecule has 2 heterocycles. The standard InChI is InChI=1S/C18H24N2/c1-2-7-15(8-3-1)18-14-19-12-6-11-17(19)13-20(18)16-9-4-5-10-16/h1-5,7-8,16-18H,6,9-14H2. The van der Waals surface area contributed by atoms with Gasteiger partial charge < -0.3 is 0 Å². The highest BCUT2D eigenvalue weighted by Crippen LogP contribution is 2.36. The van der Waals surface area contributed by atoms with Crippen molar-refractivity contribution < 1.29 is 0 Å². The molecule has 2 nitrogen and oxygen atoms in total. The third-order valence-corrected chi connectivity index (χ3v) is 5.36. The molecule has 2 heteroatoms. The average molecular weight is 268 g/mol. The lowest BCUT2D eigenvalue weighted by atomic mass is 9.97. The zero-order valence-corrected chi connectivity index (χ0v) is 12.1. The fraction of sp³-hybridized carbons (Fsp3) is 0.556. The van der Waals surface area contributed by atoms with Crippen LogP contribution in [-0.4, -0.2) is 41.5 Å². The molecule has 2 fully saturated rings. The molecule has 2 atom stereocenters. The zero-order valence-electron chi connectivity index (χ0n) is 12.1. The summed E-state index contributed by atoms with van der Waals surface area (Å²) in [5.41, 5.74) is 1.50. The summed E-state index contributed by atoms with van der Waals surface area (Å²) in [5.74, 6) is 0. The second-order valence-electron chi connectivity index (χ2n) is 6.51. The van der Waals surface area contributed by atoms with E-state index in [1.54, 1.807) is 0 Å². The van der Waals surface area contributed by atoms with Crippen molar-refractivity contribution in [2.75, 3.05) is 19.6 Å². The minimum atomic E-state index is 0.593. The molecule has 2 unspecified atom stereocenters. The molecule has 0 radical (unpaired) electrons. The number of nitrogens with zero attached hydrogens (tertiary/aromatic N) is 2. The van der Waals surface area contributed by atoms with Crippen LogP contribution in [0.5, 0.6) is 0 Å². The molecular formula is C18H24N2. The van der Waals surface area contributed by atoms with Gasteiger partial charge in [-0.2, -0.15) is 0 Å². The Morgan fingerprint density at radius 1 is 0.900 bits per heavy atom. The third kappa shape index (κ3) is 2.21. The number of hydrogen-bond donors (Lipinski definition) is 0. The van der Waals surface area contributed by atoms with E-state index in [0.29, 0.717) is 6.04 Å². The second kappa shape index (κ2) is 5.34. The Hall–Kier alpha value is -1.12. The van der Waals surface area contributed by atoms with Crippen molar-refractivity contribution >= 4 is 0 Å². The van der Waals surface area contributed by atoms with Gasteiger partial charge in [0.25, 0.3) is 0 Å². The van der Waals surface area contributed by atoms with Crippen LogP contribution in [0.1, 0.15) is 37.3 Å². The minimum absolute atomic E-state index is 0.593. The highest BCUT2D eigenvalue weighted by atomic mass is 15.3. The summed E-state index contributed by atoms with van der Waals surface area (Å²) in [6, 6.07) is 13.3. The van der Waals surface area contributed by atoms with Crippen LogP contribution >= 0.6 is 0 Å². The summed E-state index contributed by atoms with van der Waals surface area (Å²) in [5, 5.41) is 0. The smallest absolute Gasteiger partial charge is 0.0479 e. The Morgan fingerprint density at radius 2 is 1.70 bits per heavy atom. The van der Waals surface area contributed by atoms with E-state index >= 15 is 0 Å². The Labute approximate surface area is 122 Å². The van der Waals surface area contributed by atoms with Gasteiger partial charge >= 0.3 is 0 Å². The number of hydrogen-bond acceptors (Lipinski definition) is 2. The van der Waals surface area contributed by atoms with Crippen LogP contribution in [0.2, 0.25) is 0 Å². The minimum Gasteiger partial charge on any atom is -0.297 e. The van der Waals surface area contributed by atoms with Crippen molar-refractivity contribution in [3.63, 3.8) is 0 Å². The predicted octanol–water partition coefficient (Wildman–Crippen LogP) is 3.23. The van der Waals surface area contributed by atoms with Gasteiger partial charge in [0.2, 0.25) is 0 Å². The molecule has 1 aromatic rings. The van der Waals surface area contributed by atoms with Gasteiger partial charge in [-0.3, -0.25) is 9.80 Å². The molecule has 1 aromatic carbocycles. The Morgan fingerprint density at radius 3 is 2.50 bits per heavy atom. The number of fused-ring (bicyclic) bond motifs is 1. The number of rotatable bonds is 2. The molecular weight excluding hydrogens is 244 g/mol. The Kier molecular flexibility index (Phi) is 3.37. The Bertz CT molecular complexity index is 473. The van der Waals surface area contributed by atoms with Crippen LogP contribution in [0.4, 0.5) is 0 Å². The van der Waals surface area contributed by atoms with Crippen LogP contribution in [0.15, 0.2) is 42.5 Å². The summed E-state index contributed by atoms with van der Waals surface area (Å²) in [4.78, 5) is 5.54. The summed E-state index contributed by atoms with van der Waals surface area (Å²) >= 11 is 0. The monoisotopic (exact) mass is 268 g/mol. The highest BCUT2D eigenvalue weighted by Gasteiger charge is 2.39. The molecule has 0 amide bonds. The average Bonchev–Trinajstić information content (AvgIpc) is 3.17. The largest absolute Gasteiger partial charge is 0.297 e. The van der Waals surface area contributed by atoms with Crippen molar-refractivity contribution in [3.8, 4) is 0 Å². The van der Waals surface area contributed by atoms with Crippen LogP contribution in [0.25, 0.3) is 0 Å². The summed E-state index contributed by atoms with van der Waals surface area (Å²) in [6.07, 6.45) is 10.0. The molecule has 1 aliphatic carbocycles. The molecule has 0 saturated carbocycles. The molecule has 106 valence electrons. The maximum Gasteiger partial charge on any atom is 0.0479 e. The van der Waals surface area contributed by atoms with E-state index in [0.717, 1.165) is 12.1 Å². The zero-order chi connectivity index (χ0) is 13.4. The molecule has 0 aromatic heterocycles. The summed E-state index contributed by atoms with van der Waals surface area (Å²) < 4.78 is 0. The van der Waals surface area contributed by atoms with E-state index in [1.807, 2.05) is 0 Å². The van der Waals surface area contributed by atoms with Crippen LogP contribution in [0, 0.1) is 0 Å². The van der Waals surface area contributed by atoms with Crippen molar-refractivity contribution in [2.24, 2.45) is 0 Å². The fourth-order valence-electron chi connectivity index (χ4n) is 4.29. The molecule has 20 heavy (non-hydrogen) atoms. The van der Waals surface area contributed by atoms with Gasteiger partial charge in [-0.15, -0.1) is 0 Å². The van der Waals surface area contributed by atoms with Crippen LogP contribution in [-0.2, 0) is 0 Å². The van der Waals surface area contributed by atoms with Gasteiger partial charge in [0, 0.05) is 31.2 Å². The van der Waals surface area contributed by atoms with Gasteiger partial charge in [0.1, 0.15) is 0 Å². The first kappa shape index (κ1) is 12.6. The molecule has 0 bridgehead atoms. The summed E-state index contributed by atoms with van der Waals surface area (Å²) in [7, 11) is 0. The van der Waals surface area contributed by atoms with Crippen molar-refractivity contribution in [1.82, 2.24) is 9.80 Å². The van der Waals surface area contributed by atoms with E-state index in [1.165, 1.54) is 50.9 Å². The maximum absolute atomic E-state index is 2.81. The molecule has 0 spiro atoms. The molecule has 2 aliphatic heterocycles. The topological polar surface area (TPSA) is 6.48 Å². The van der Waals surface area contributed by atoms with Gasteiger partial charge in [-0.1, -0.05) is 42.5 Å². The van der Waals surface area contributed by atoms with E-state index in [2.05, 4.69) is 52.3 Å². The SMILES string of the molecule is C1=CCC(N2CC3CCCN3CC2c2ccccc2)C1. The van der Waals surface area contributed by atoms with E-state index < -0.39 is 0 Å². The highest BCUT2D eigenvalue weighted by molar-refractivity contribution is 5.21. The molecule has 0 N–H and O–H groups in total. The van der Waals surface area contributed by atoms with Crippen molar-refractivity contribution in [3.05, 3.63) is 48.0 Å².